The fourth-order valence-corrected chi connectivity index (χ4v) is 4.81. The summed E-state index contributed by atoms with van der Waals surface area (Å²) in [5.74, 6) is -0.558. The van der Waals surface area contributed by atoms with Crippen LogP contribution in [0.15, 0.2) is 74.9 Å². The molecule has 1 amide bonds. The summed E-state index contributed by atoms with van der Waals surface area (Å²) in [4.78, 5) is 12.7. The molecule has 0 fully saturated rings. The minimum Gasteiger partial charge on any atom is -0.352 e. The van der Waals surface area contributed by atoms with E-state index < -0.39 is 27.4 Å². The Labute approximate surface area is 184 Å². The average Bonchev–Trinajstić information content (AvgIpc) is 2.78. The molecule has 1 aromatic heterocycles. The molecule has 3 aromatic rings. The third-order valence-electron chi connectivity index (χ3n) is 4.67. The van der Waals surface area contributed by atoms with Crippen molar-refractivity contribution in [3.63, 3.8) is 0 Å². The number of halogens is 3. The molecule has 10 heteroatoms. The Hall–Kier alpha value is -3.27. The number of aryl methyl sites for hydroxylation is 1. The van der Waals surface area contributed by atoms with E-state index in [1.54, 1.807) is 6.92 Å². The molecule has 0 spiro atoms. The maximum atomic E-state index is 13.8. The van der Waals surface area contributed by atoms with Gasteiger partial charge < -0.3 is 5.32 Å². The van der Waals surface area contributed by atoms with Gasteiger partial charge in [0.05, 0.1) is 21.7 Å². The first-order chi connectivity index (χ1) is 15.1. The maximum absolute atomic E-state index is 13.8. The lowest BCUT2D eigenvalue weighted by molar-refractivity contribution is -0.137. The van der Waals surface area contributed by atoms with Crippen LogP contribution in [0.2, 0.25) is 0 Å². The van der Waals surface area contributed by atoms with Crippen molar-refractivity contribution in [1.29, 1.82) is 0 Å². The molecular weight excluding hydrogens is 441 g/mol. The lowest BCUT2D eigenvalue weighted by Crippen LogP contribution is -2.28. The van der Waals surface area contributed by atoms with Gasteiger partial charge in [-0.05, 0) is 43.2 Å². The summed E-state index contributed by atoms with van der Waals surface area (Å²) in [6.45, 7) is 1.91. The predicted molar refractivity (Wildman–Crippen MR) is 114 cm³/mol. The summed E-state index contributed by atoms with van der Waals surface area (Å²) in [7, 11) is -2.44. The van der Waals surface area contributed by atoms with Crippen molar-refractivity contribution >= 4 is 15.6 Å². The van der Waals surface area contributed by atoms with E-state index in [1.807, 2.05) is 30.3 Å². The zero-order chi connectivity index (χ0) is 23.4. The second-order valence-corrected chi connectivity index (χ2v) is 9.20. The summed E-state index contributed by atoms with van der Waals surface area (Å²) in [6, 6.07) is 14.9. The Kier molecular flexibility index (Phi) is 6.93. The number of nitrogens with zero attached hydrogens (tertiary/aromatic N) is 3. The van der Waals surface area contributed by atoms with Gasteiger partial charge in [0.15, 0.2) is 5.03 Å². The number of nitrogens with one attached hydrogen (secondary N) is 1. The van der Waals surface area contributed by atoms with Gasteiger partial charge in [0, 0.05) is 13.6 Å². The molecule has 1 atom stereocenters. The van der Waals surface area contributed by atoms with Crippen LogP contribution in [-0.4, -0.2) is 33.9 Å². The second-order valence-electron chi connectivity index (χ2n) is 6.93. The van der Waals surface area contributed by atoms with Crippen LogP contribution in [0, 0.1) is 6.92 Å². The zero-order valence-corrected chi connectivity index (χ0v) is 18.2. The molecule has 0 aliphatic rings. The lowest BCUT2D eigenvalue weighted by atomic mass is 10.1. The number of hydrogen-bond donors (Lipinski definition) is 1. The van der Waals surface area contributed by atoms with E-state index in [1.165, 1.54) is 19.2 Å². The molecule has 1 heterocycles. The van der Waals surface area contributed by atoms with Gasteiger partial charge in [-0.1, -0.05) is 36.4 Å². The minimum atomic E-state index is -4.62. The molecule has 0 bridgehead atoms. The van der Waals surface area contributed by atoms with E-state index in [2.05, 4.69) is 19.9 Å². The van der Waals surface area contributed by atoms with E-state index >= 15 is 0 Å². The van der Waals surface area contributed by atoms with Gasteiger partial charge in [0.1, 0.15) is 9.73 Å². The summed E-state index contributed by atoms with van der Waals surface area (Å²) in [5, 5.41) is 10.3. The summed E-state index contributed by atoms with van der Waals surface area (Å²) < 4.78 is 57.2. The Morgan fingerprint density at radius 3 is 2.44 bits per heavy atom. The highest BCUT2D eigenvalue weighted by Gasteiger charge is 2.32. The molecule has 1 N–H and O–H groups in total. The fraction of sp³-hybridized carbons (Fsp3) is 0.227. The molecule has 168 valence electrons. The van der Waals surface area contributed by atoms with Crippen LogP contribution < -0.4 is 5.32 Å². The molecular formula is C22H21F3N4O2S. The predicted octanol–water partition coefficient (Wildman–Crippen LogP) is 4.29. The van der Waals surface area contributed by atoms with Gasteiger partial charge in [-0.3, -0.25) is 4.79 Å². The van der Waals surface area contributed by atoms with Crippen molar-refractivity contribution in [2.45, 2.75) is 29.4 Å². The van der Waals surface area contributed by atoms with Gasteiger partial charge in [0.25, 0.3) is 5.91 Å². The minimum absolute atomic E-state index is 0.0430. The Morgan fingerprint density at radius 1 is 1.06 bits per heavy atom. The van der Waals surface area contributed by atoms with Crippen LogP contribution in [0.4, 0.5) is 13.2 Å². The molecule has 3 rings (SSSR count). The molecule has 0 aliphatic carbocycles. The Bertz CT molecular complexity index is 1240. The fourth-order valence-electron chi connectivity index (χ4n) is 3.05. The molecule has 0 aliphatic heterocycles. The third-order valence-corrected chi connectivity index (χ3v) is 6.90. The number of alkyl halides is 3. The highest BCUT2D eigenvalue weighted by atomic mass is 32.2. The van der Waals surface area contributed by atoms with Gasteiger partial charge in [-0.15, -0.1) is 5.10 Å². The van der Waals surface area contributed by atoms with E-state index in [-0.39, 0.29) is 15.5 Å². The molecule has 2 aromatic carbocycles. The van der Waals surface area contributed by atoms with Crippen molar-refractivity contribution in [2.24, 2.45) is 4.36 Å². The van der Waals surface area contributed by atoms with Crippen molar-refractivity contribution in [2.75, 3.05) is 13.6 Å². The van der Waals surface area contributed by atoms with Gasteiger partial charge in [-0.2, -0.15) is 18.3 Å². The largest absolute Gasteiger partial charge is 0.416 e. The highest BCUT2D eigenvalue weighted by molar-refractivity contribution is 7.93. The van der Waals surface area contributed by atoms with Gasteiger partial charge in [-0.25, -0.2) is 8.57 Å². The quantitative estimate of drug-likeness (QED) is 0.592. The topological polar surface area (TPSA) is 84.3 Å². The number of carbonyl (C=O) groups excluding carboxylic acids is 1. The van der Waals surface area contributed by atoms with E-state index in [0.717, 1.165) is 23.8 Å². The van der Waals surface area contributed by atoms with Crippen LogP contribution >= 0.6 is 0 Å². The number of aromatic nitrogens is 2. The monoisotopic (exact) mass is 462 g/mol. The first-order valence-corrected chi connectivity index (χ1v) is 11.2. The van der Waals surface area contributed by atoms with Crippen LogP contribution in [0.25, 0.3) is 0 Å². The number of hydrogen-bond acceptors (Lipinski definition) is 5. The molecule has 0 radical (unpaired) electrons. The first-order valence-electron chi connectivity index (χ1n) is 9.64. The summed E-state index contributed by atoms with van der Waals surface area (Å²) in [5.41, 5.74) is 0.399. The van der Waals surface area contributed by atoms with Crippen molar-refractivity contribution < 1.29 is 22.2 Å². The average molecular weight is 462 g/mol. The molecule has 0 saturated heterocycles. The summed E-state index contributed by atoms with van der Waals surface area (Å²) >= 11 is 0. The van der Waals surface area contributed by atoms with Crippen LogP contribution in [0.1, 0.15) is 27.2 Å². The Balaban J connectivity index is 1.97. The van der Waals surface area contributed by atoms with Crippen molar-refractivity contribution in [1.82, 2.24) is 15.5 Å². The maximum Gasteiger partial charge on any atom is 0.416 e. The van der Waals surface area contributed by atoms with E-state index in [4.69, 9.17) is 0 Å². The second kappa shape index (κ2) is 9.47. The number of carbonyl (C=O) groups is 1. The standard InChI is InChI=1S/C22H21F3N4O2S/c1-15-13-19(20(30)27-12-11-16-7-4-3-5-8-16)21(29-28-15)32(31,26-2)18-10-6-9-17(14-18)22(23,24)25/h3-10,13-14H,11-12H2,1-2H3,(H,27,30). The lowest BCUT2D eigenvalue weighted by Gasteiger charge is -2.15. The number of amides is 1. The Morgan fingerprint density at radius 2 is 1.78 bits per heavy atom. The van der Waals surface area contributed by atoms with E-state index in [0.29, 0.717) is 18.7 Å². The molecule has 32 heavy (non-hydrogen) atoms. The summed E-state index contributed by atoms with van der Waals surface area (Å²) in [6.07, 6.45) is -4.05. The highest BCUT2D eigenvalue weighted by Crippen LogP contribution is 2.33. The third kappa shape index (κ3) is 5.13. The molecule has 6 nitrogen and oxygen atoms in total. The first kappa shape index (κ1) is 23.4. The SMILES string of the molecule is CN=S(=O)(c1cccc(C(F)(F)F)c1)c1nnc(C)cc1C(=O)NCCc1ccccc1. The van der Waals surface area contributed by atoms with E-state index in [9.17, 15) is 22.2 Å². The smallest absolute Gasteiger partial charge is 0.352 e. The van der Waals surface area contributed by atoms with Crippen LogP contribution in [0.5, 0.6) is 0 Å². The number of rotatable bonds is 6. The van der Waals surface area contributed by atoms with Crippen LogP contribution in [0.3, 0.4) is 0 Å². The van der Waals surface area contributed by atoms with Gasteiger partial charge in [0.2, 0.25) is 0 Å². The van der Waals surface area contributed by atoms with Crippen molar-refractivity contribution in [3.8, 4) is 0 Å². The van der Waals surface area contributed by atoms with Crippen molar-refractivity contribution in [3.05, 3.63) is 83.0 Å². The van der Waals surface area contributed by atoms with Gasteiger partial charge >= 0.3 is 6.18 Å². The normalized spacial score (nSPS) is 13.3. The van der Waals surface area contributed by atoms with Crippen LogP contribution in [-0.2, 0) is 22.3 Å². The zero-order valence-electron chi connectivity index (χ0n) is 17.4. The molecule has 1 unspecified atom stereocenters. The molecule has 0 saturated carbocycles. The number of benzene rings is 2.